The molecule has 1 fully saturated rings. The zero-order valence-electron chi connectivity index (χ0n) is 20.0. The molecule has 0 radical (unpaired) electrons. The van der Waals surface area contributed by atoms with Crippen LogP contribution in [0.4, 0.5) is 5.69 Å². The Morgan fingerprint density at radius 2 is 1.71 bits per heavy atom. The summed E-state index contributed by atoms with van der Waals surface area (Å²) >= 11 is 1.79. The first-order valence-corrected chi connectivity index (χ1v) is 12.8. The average molecular weight is 483 g/mol. The molecule has 1 atom stereocenters. The van der Waals surface area contributed by atoms with Crippen LogP contribution in [0.1, 0.15) is 19.4 Å². The highest BCUT2D eigenvalue weighted by Gasteiger charge is 2.25. The Morgan fingerprint density at radius 3 is 2.47 bits per heavy atom. The molecule has 0 unspecified atom stereocenters. The fourth-order valence-corrected chi connectivity index (χ4v) is 4.98. The van der Waals surface area contributed by atoms with Gasteiger partial charge in [-0.15, -0.1) is 0 Å². The van der Waals surface area contributed by atoms with Gasteiger partial charge < -0.3 is 20.1 Å². The maximum atomic E-state index is 11.8. The third-order valence-electron chi connectivity index (χ3n) is 6.13. The minimum atomic E-state index is -0.576. The number of nitrogens with zero attached hydrogens (tertiary/aromatic N) is 3. The Morgan fingerprint density at radius 1 is 1.00 bits per heavy atom. The second-order valence-electron chi connectivity index (χ2n) is 8.88. The third kappa shape index (κ3) is 6.18. The van der Waals surface area contributed by atoms with Crippen molar-refractivity contribution in [1.29, 1.82) is 0 Å². The number of hydrogen-bond acceptors (Lipinski definition) is 8. The van der Waals surface area contributed by atoms with Crippen molar-refractivity contribution < 1.29 is 14.3 Å². The van der Waals surface area contributed by atoms with E-state index in [4.69, 9.17) is 20.2 Å². The van der Waals surface area contributed by atoms with Gasteiger partial charge in [-0.05, 0) is 24.1 Å². The highest BCUT2D eigenvalue weighted by molar-refractivity contribution is 7.99. The highest BCUT2D eigenvalue weighted by atomic mass is 32.2. The van der Waals surface area contributed by atoms with E-state index in [0.29, 0.717) is 13.2 Å². The molecular weight excluding hydrogens is 448 g/mol. The zero-order chi connectivity index (χ0) is 23.9. The number of ether oxygens (including phenoxy) is 2. The van der Waals surface area contributed by atoms with Crippen molar-refractivity contribution in [1.82, 2.24) is 9.80 Å². The van der Waals surface area contributed by atoms with Gasteiger partial charge in [0.2, 0.25) is 0 Å². The second-order valence-corrected chi connectivity index (χ2v) is 9.96. The van der Waals surface area contributed by atoms with E-state index in [2.05, 4.69) is 52.3 Å². The van der Waals surface area contributed by atoms with Gasteiger partial charge in [-0.2, -0.15) is 0 Å². The molecule has 0 aromatic heterocycles. The largest absolute Gasteiger partial charge is 0.462 e. The molecule has 2 N–H and O–H groups in total. The highest BCUT2D eigenvalue weighted by Crippen LogP contribution is 2.40. The maximum absolute atomic E-state index is 11.8. The van der Waals surface area contributed by atoms with Crippen molar-refractivity contribution in [2.75, 3.05) is 52.5 Å². The van der Waals surface area contributed by atoms with Crippen molar-refractivity contribution in [3.05, 3.63) is 54.1 Å². The zero-order valence-corrected chi connectivity index (χ0v) is 20.8. The first-order valence-electron chi connectivity index (χ1n) is 11.9. The summed E-state index contributed by atoms with van der Waals surface area (Å²) in [5.74, 6) is 0.766. The normalized spacial score (nSPS) is 16.9. The van der Waals surface area contributed by atoms with Gasteiger partial charge in [0.25, 0.3) is 0 Å². The molecule has 1 saturated heterocycles. The van der Waals surface area contributed by atoms with E-state index < -0.39 is 6.04 Å². The SMILES string of the molecule is CC(C)[C@@H](N)C(=O)OCCOCCN1CCN(C2=Nc3ccccc3Sc3ccccc32)CC1. The third-order valence-corrected chi connectivity index (χ3v) is 7.27. The fourth-order valence-electron chi connectivity index (χ4n) is 3.96. The minimum Gasteiger partial charge on any atom is -0.462 e. The lowest BCUT2D eigenvalue weighted by Gasteiger charge is -2.36. The lowest BCUT2D eigenvalue weighted by atomic mass is 10.1. The van der Waals surface area contributed by atoms with Crippen molar-refractivity contribution in [2.24, 2.45) is 16.6 Å². The number of aliphatic imine (C=N–C) groups is 1. The van der Waals surface area contributed by atoms with Crippen LogP contribution in [-0.2, 0) is 14.3 Å². The smallest absolute Gasteiger partial charge is 0.323 e. The standard InChI is InChI=1S/C26H34N4O3S/c1-19(2)24(27)26(31)33-18-17-32-16-15-29-11-13-30(14-12-29)25-20-7-3-5-9-22(20)34-23-10-6-4-8-21(23)28-25/h3-10,19,24H,11-18,27H2,1-2H3/t24-/m1/s1. The van der Waals surface area contributed by atoms with Crippen molar-refractivity contribution in [3.63, 3.8) is 0 Å². The lowest BCUT2D eigenvalue weighted by molar-refractivity contribution is -0.147. The van der Waals surface area contributed by atoms with Crippen LogP contribution in [0.2, 0.25) is 0 Å². The summed E-state index contributed by atoms with van der Waals surface area (Å²) in [4.78, 5) is 24.1. The van der Waals surface area contributed by atoms with Crippen molar-refractivity contribution in [3.8, 4) is 0 Å². The quantitative estimate of drug-likeness (QED) is 0.456. The topological polar surface area (TPSA) is 80.4 Å². The van der Waals surface area contributed by atoms with E-state index in [1.807, 2.05) is 19.9 Å². The predicted molar refractivity (Wildman–Crippen MR) is 136 cm³/mol. The van der Waals surface area contributed by atoms with Crippen molar-refractivity contribution in [2.45, 2.75) is 29.7 Å². The minimum absolute atomic E-state index is 0.0676. The number of rotatable bonds is 8. The molecule has 2 aromatic carbocycles. The molecule has 2 aliphatic heterocycles. The van der Waals surface area contributed by atoms with Crippen molar-refractivity contribution >= 4 is 29.3 Å². The Bertz CT molecular complexity index is 1010. The first-order chi connectivity index (χ1) is 16.5. The van der Waals surface area contributed by atoms with Crippen LogP contribution in [0.25, 0.3) is 0 Å². The Balaban J connectivity index is 1.25. The number of hydrogen-bond donors (Lipinski definition) is 1. The summed E-state index contributed by atoms with van der Waals surface area (Å²) in [7, 11) is 0. The van der Waals surface area contributed by atoms with Gasteiger partial charge in [0, 0.05) is 48.1 Å². The Kier molecular flexibility index (Phi) is 8.61. The van der Waals surface area contributed by atoms with Crippen LogP contribution in [0.5, 0.6) is 0 Å². The lowest BCUT2D eigenvalue weighted by Crippen LogP contribution is -2.49. The van der Waals surface area contributed by atoms with Crippen LogP contribution < -0.4 is 5.73 Å². The van der Waals surface area contributed by atoms with Gasteiger partial charge >= 0.3 is 5.97 Å². The van der Waals surface area contributed by atoms with Gasteiger partial charge in [0.1, 0.15) is 18.5 Å². The molecule has 34 heavy (non-hydrogen) atoms. The van der Waals surface area contributed by atoms with Crippen LogP contribution in [0.15, 0.2) is 63.3 Å². The molecule has 0 amide bonds. The molecule has 0 aliphatic carbocycles. The van der Waals surface area contributed by atoms with Crippen LogP contribution >= 0.6 is 11.8 Å². The van der Waals surface area contributed by atoms with Gasteiger partial charge in [0.05, 0.1) is 18.9 Å². The van der Waals surface area contributed by atoms with E-state index in [9.17, 15) is 4.79 Å². The number of nitrogens with two attached hydrogens (primary N) is 1. The number of para-hydroxylation sites is 1. The summed E-state index contributed by atoms with van der Waals surface area (Å²) < 4.78 is 10.9. The first kappa shape index (κ1) is 24.7. The average Bonchev–Trinajstić information content (AvgIpc) is 3.02. The molecule has 2 aliphatic rings. The van der Waals surface area contributed by atoms with E-state index >= 15 is 0 Å². The molecular formula is C26H34N4O3S. The Hall–Kier alpha value is -2.39. The molecule has 2 heterocycles. The molecule has 0 spiro atoms. The van der Waals surface area contributed by atoms with E-state index in [-0.39, 0.29) is 18.5 Å². The molecule has 7 nitrogen and oxygen atoms in total. The number of esters is 1. The van der Waals surface area contributed by atoms with Gasteiger partial charge in [-0.25, -0.2) is 4.99 Å². The van der Waals surface area contributed by atoms with Crippen LogP contribution in [0.3, 0.4) is 0 Å². The van der Waals surface area contributed by atoms with E-state index in [0.717, 1.165) is 44.2 Å². The summed E-state index contributed by atoms with van der Waals surface area (Å²) in [5.41, 5.74) is 8.02. The molecule has 8 heteroatoms. The summed E-state index contributed by atoms with van der Waals surface area (Å²) in [6, 6.07) is 16.3. The fraction of sp³-hybridized carbons (Fsp3) is 0.462. The summed E-state index contributed by atoms with van der Waals surface area (Å²) in [6.45, 7) is 9.66. The summed E-state index contributed by atoms with van der Waals surface area (Å²) in [6.07, 6.45) is 0. The molecule has 2 aromatic rings. The number of carbonyl (C=O) groups is 1. The molecule has 0 bridgehead atoms. The number of fused-ring (bicyclic) bond motifs is 2. The van der Waals surface area contributed by atoms with E-state index in [1.54, 1.807) is 11.8 Å². The number of amidine groups is 1. The van der Waals surface area contributed by atoms with E-state index in [1.165, 1.54) is 15.4 Å². The second kappa shape index (κ2) is 11.8. The summed E-state index contributed by atoms with van der Waals surface area (Å²) in [5, 5.41) is 0. The maximum Gasteiger partial charge on any atom is 0.323 e. The van der Waals surface area contributed by atoms with Gasteiger partial charge in [0.15, 0.2) is 0 Å². The number of benzene rings is 2. The predicted octanol–water partition coefficient (Wildman–Crippen LogP) is 3.39. The number of piperazine rings is 1. The van der Waals surface area contributed by atoms with Gasteiger partial charge in [-0.3, -0.25) is 9.69 Å². The van der Waals surface area contributed by atoms with Crippen LogP contribution in [0, 0.1) is 5.92 Å². The van der Waals surface area contributed by atoms with Crippen LogP contribution in [-0.4, -0.2) is 80.2 Å². The molecule has 0 saturated carbocycles. The number of carbonyl (C=O) groups excluding carboxylic acids is 1. The molecule has 4 rings (SSSR count). The Labute approximate surface area is 206 Å². The monoisotopic (exact) mass is 482 g/mol. The molecule has 182 valence electrons. The van der Waals surface area contributed by atoms with Gasteiger partial charge in [-0.1, -0.05) is 55.9 Å².